The third-order valence-corrected chi connectivity index (χ3v) is 3.86. The second-order valence-electron chi connectivity index (χ2n) is 5.84. The number of amides is 1. The van der Waals surface area contributed by atoms with Crippen molar-refractivity contribution in [2.24, 2.45) is 0 Å². The van der Waals surface area contributed by atoms with Crippen LogP contribution in [0.2, 0.25) is 0 Å². The largest absolute Gasteiger partial charge is 0.388 e. The van der Waals surface area contributed by atoms with E-state index in [9.17, 15) is 9.90 Å². The number of hydrogen-bond acceptors (Lipinski definition) is 5. The lowest BCUT2D eigenvalue weighted by Crippen LogP contribution is -2.33. The molecule has 1 aromatic heterocycles. The van der Waals surface area contributed by atoms with Gasteiger partial charge in [-0.1, -0.05) is 36.4 Å². The van der Waals surface area contributed by atoms with Gasteiger partial charge in [0.1, 0.15) is 6.33 Å². The van der Waals surface area contributed by atoms with Crippen LogP contribution < -0.4 is 5.32 Å². The van der Waals surface area contributed by atoms with Crippen molar-refractivity contribution in [1.82, 2.24) is 25.5 Å². The smallest absolute Gasteiger partial charge is 0.251 e. The second kappa shape index (κ2) is 7.67. The SMILES string of the molecule is CC(CC(O)c1ccccc1)NC(=O)c1cccc(-n2cnnn2)c1. The van der Waals surface area contributed by atoms with E-state index in [2.05, 4.69) is 20.8 Å². The summed E-state index contributed by atoms with van der Waals surface area (Å²) in [4.78, 5) is 12.4. The van der Waals surface area contributed by atoms with E-state index in [-0.39, 0.29) is 11.9 Å². The monoisotopic (exact) mass is 337 g/mol. The van der Waals surface area contributed by atoms with Crippen LogP contribution in [0.15, 0.2) is 60.9 Å². The molecule has 128 valence electrons. The molecule has 25 heavy (non-hydrogen) atoms. The number of aliphatic hydroxyl groups is 1. The molecule has 2 atom stereocenters. The highest BCUT2D eigenvalue weighted by molar-refractivity contribution is 5.94. The van der Waals surface area contributed by atoms with Crippen LogP contribution in [0.5, 0.6) is 0 Å². The number of tetrazole rings is 1. The van der Waals surface area contributed by atoms with Crippen LogP contribution >= 0.6 is 0 Å². The summed E-state index contributed by atoms with van der Waals surface area (Å²) in [5.41, 5.74) is 2.05. The number of nitrogens with zero attached hydrogens (tertiary/aromatic N) is 4. The lowest BCUT2D eigenvalue weighted by atomic mass is 10.0. The predicted molar refractivity (Wildman–Crippen MR) is 92.1 cm³/mol. The third-order valence-electron chi connectivity index (χ3n) is 3.86. The Balaban J connectivity index is 1.63. The van der Waals surface area contributed by atoms with Crippen molar-refractivity contribution in [2.45, 2.75) is 25.5 Å². The predicted octanol–water partition coefficient (Wildman–Crippen LogP) is 1.90. The lowest BCUT2D eigenvalue weighted by molar-refractivity contribution is 0.0917. The Bertz CT molecular complexity index is 821. The zero-order valence-corrected chi connectivity index (χ0v) is 13.8. The lowest BCUT2D eigenvalue weighted by Gasteiger charge is -2.18. The van der Waals surface area contributed by atoms with Gasteiger partial charge in [0.05, 0.1) is 11.8 Å². The molecular formula is C18H19N5O2. The fraction of sp³-hybridized carbons (Fsp3) is 0.222. The Labute approximate surface area is 145 Å². The first-order valence-corrected chi connectivity index (χ1v) is 8.01. The normalized spacial score (nSPS) is 13.2. The fourth-order valence-corrected chi connectivity index (χ4v) is 2.58. The first-order chi connectivity index (χ1) is 12.1. The maximum Gasteiger partial charge on any atom is 0.251 e. The van der Waals surface area contributed by atoms with Crippen LogP contribution in [0.4, 0.5) is 0 Å². The topological polar surface area (TPSA) is 92.9 Å². The molecule has 3 aromatic rings. The van der Waals surface area contributed by atoms with Crippen LogP contribution in [0.3, 0.4) is 0 Å². The molecule has 0 aliphatic carbocycles. The number of benzene rings is 2. The highest BCUT2D eigenvalue weighted by atomic mass is 16.3. The van der Waals surface area contributed by atoms with Gasteiger partial charge in [-0.05, 0) is 47.5 Å². The van der Waals surface area contributed by atoms with Gasteiger partial charge in [0.15, 0.2) is 0 Å². The van der Waals surface area contributed by atoms with E-state index in [0.29, 0.717) is 17.7 Å². The van der Waals surface area contributed by atoms with Crippen molar-refractivity contribution in [1.29, 1.82) is 0 Å². The second-order valence-corrected chi connectivity index (χ2v) is 5.84. The zero-order chi connectivity index (χ0) is 17.6. The van der Waals surface area contributed by atoms with Crippen LogP contribution in [0.1, 0.15) is 35.4 Å². The Hall–Kier alpha value is -3.06. The number of carbonyl (C=O) groups is 1. The zero-order valence-electron chi connectivity index (χ0n) is 13.8. The van der Waals surface area contributed by atoms with Crippen molar-refractivity contribution < 1.29 is 9.90 Å². The minimum atomic E-state index is -0.621. The summed E-state index contributed by atoms with van der Waals surface area (Å²) in [5.74, 6) is -0.206. The van der Waals surface area contributed by atoms with Crippen LogP contribution in [0, 0.1) is 0 Å². The van der Waals surface area contributed by atoms with E-state index in [1.807, 2.05) is 43.3 Å². The highest BCUT2D eigenvalue weighted by Gasteiger charge is 2.15. The molecule has 0 spiro atoms. The molecule has 1 heterocycles. The molecule has 7 heteroatoms. The first kappa shape index (κ1) is 16.8. The van der Waals surface area contributed by atoms with E-state index >= 15 is 0 Å². The maximum atomic E-state index is 12.4. The first-order valence-electron chi connectivity index (χ1n) is 8.01. The van der Waals surface area contributed by atoms with Gasteiger partial charge in [-0.3, -0.25) is 4.79 Å². The summed E-state index contributed by atoms with van der Waals surface area (Å²) >= 11 is 0. The molecule has 0 radical (unpaired) electrons. The van der Waals surface area contributed by atoms with Gasteiger partial charge in [0, 0.05) is 11.6 Å². The third kappa shape index (κ3) is 4.27. The fourth-order valence-electron chi connectivity index (χ4n) is 2.58. The van der Waals surface area contributed by atoms with Gasteiger partial charge in [-0.2, -0.15) is 0 Å². The Morgan fingerprint density at radius 2 is 2.00 bits per heavy atom. The molecule has 7 nitrogen and oxygen atoms in total. The summed E-state index contributed by atoms with van der Waals surface area (Å²) in [6.45, 7) is 1.87. The van der Waals surface area contributed by atoms with E-state index in [1.54, 1.807) is 18.2 Å². The van der Waals surface area contributed by atoms with Gasteiger partial charge in [-0.15, -0.1) is 5.10 Å². The molecule has 0 bridgehead atoms. The number of nitrogens with one attached hydrogen (secondary N) is 1. The minimum absolute atomic E-state index is 0.181. The van der Waals surface area contributed by atoms with E-state index in [4.69, 9.17) is 0 Å². The Kier molecular flexibility index (Phi) is 5.15. The van der Waals surface area contributed by atoms with Crippen LogP contribution in [0.25, 0.3) is 5.69 Å². The van der Waals surface area contributed by atoms with E-state index < -0.39 is 6.10 Å². The number of hydrogen-bond donors (Lipinski definition) is 2. The van der Waals surface area contributed by atoms with Gasteiger partial charge in [0.25, 0.3) is 5.91 Å². The van der Waals surface area contributed by atoms with Crippen molar-refractivity contribution >= 4 is 5.91 Å². The van der Waals surface area contributed by atoms with Gasteiger partial charge in [-0.25, -0.2) is 4.68 Å². The average Bonchev–Trinajstić information content (AvgIpc) is 3.17. The quantitative estimate of drug-likeness (QED) is 0.717. The summed E-state index contributed by atoms with van der Waals surface area (Å²) in [6, 6.07) is 16.3. The number of aromatic nitrogens is 4. The molecule has 0 saturated heterocycles. The summed E-state index contributed by atoms with van der Waals surface area (Å²) < 4.78 is 1.49. The molecule has 1 amide bonds. The Morgan fingerprint density at radius 1 is 1.20 bits per heavy atom. The number of aliphatic hydroxyl groups excluding tert-OH is 1. The van der Waals surface area contributed by atoms with Gasteiger partial charge < -0.3 is 10.4 Å². The average molecular weight is 337 g/mol. The summed E-state index contributed by atoms with van der Waals surface area (Å²) in [5, 5.41) is 24.2. The number of carbonyl (C=O) groups excluding carboxylic acids is 1. The van der Waals surface area contributed by atoms with E-state index in [0.717, 1.165) is 5.56 Å². The molecule has 2 N–H and O–H groups in total. The van der Waals surface area contributed by atoms with Gasteiger partial charge >= 0.3 is 0 Å². The molecule has 0 aliphatic rings. The molecule has 0 aliphatic heterocycles. The van der Waals surface area contributed by atoms with Crippen LogP contribution in [-0.4, -0.2) is 37.3 Å². The molecule has 2 aromatic carbocycles. The summed E-state index contributed by atoms with van der Waals surface area (Å²) in [6.07, 6.45) is 1.28. The van der Waals surface area contributed by atoms with Crippen molar-refractivity contribution in [2.75, 3.05) is 0 Å². The van der Waals surface area contributed by atoms with E-state index in [1.165, 1.54) is 11.0 Å². The van der Waals surface area contributed by atoms with Crippen molar-refractivity contribution in [3.8, 4) is 5.69 Å². The minimum Gasteiger partial charge on any atom is -0.388 e. The molecule has 2 unspecified atom stereocenters. The number of rotatable bonds is 6. The van der Waals surface area contributed by atoms with Crippen molar-refractivity contribution in [3.05, 3.63) is 72.1 Å². The Morgan fingerprint density at radius 3 is 2.72 bits per heavy atom. The maximum absolute atomic E-state index is 12.4. The summed E-state index contributed by atoms with van der Waals surface area (Å²) in [7, 11) is 0. The standard InChI is InChI=1S/C18H19N5O2/c1-13(10-17(24)14-6-3-2-4-7-14)20-18(25)15-8-5-9-16(11-15)23-12-19-21-22-23/h2-9,11-13,17,24H,10H2,1H3,(H,20,25). The molecule has 3 rings (SSSR count). The molecule has 0 fully saturated rings. The van der Waals surface area contributed by atoms with Crippen LogP contribution in [-0.2, 0) is 0 Å². The van der Waals surface area contributed by atoms with Gasteiger partial charge in [0.2, 0.25) is 0 Å². The highest BCUT2D eigenvalue weighted by Crippen LogP contribution is 2.18. The van der Waals surface area contributed by atoms with Crippen molar-refractivity contribution in [3.63, 3.8) is 0 Å². The molecule has 0 saturated carbocycles. The molecular weight excluding hydrogens is 318 g/mol.